The van der Waals surface area contributed by atoms with Crippen LogP contribution in [0.15, 0.2) is 36.4 Å². The van der Waals surface area contributed by atoms with Crippen molar-refractivity contribution < 1.29 is 9.18 Å². The molecule has 0 aromatic heterocycles. The molecule has 1 aliphatic carbocycles. The Morgan fingerprint density at radius 1 is 1.05 bits per heavy atom. The molecule has 0 N–H and O–H groups in total. The number of carbonyl (C=O) groups is 1. The largest absolute Gasteiger partial charge is 0.300 e. The van der Waals surface area contributed by atoms with Gasteiger partial charge in [0.1, 0.15) is 11.6 Å². The highest BCUT2D eigenvalue weighted by Crippen LogP contribution is 2.48. The van der Waals surface area contributed by atoms with Crippen LogP contribution in [0.2, 0.25) is 0 Å². The van der Waals surface area contributed by atoms with Gasteiger partial charge >= 0.3 is 0 Å². The molecule has 0 heterocycles. The number of halogens is 1. The van der Waals surface area contributed by atoms with Gasteiger partial charge in [-0.2, -0.15) is 0 Å². The first-order valence-corrected chi connectivity index (χ1v) is 7.33. The van der Waals surface area contributed by atoms with E-state index in [1.165, 1.54) is 22.8 Å². The molecule has 0 amide bonds. The zero-order valence-electron chi connectivity index (χ0n) is 12.7. The molecule has 0 atom stereocenters. The molecule has 0 unspecified atom stereocenters. The smallest absolute Gasteiger partial charge is 0.130 e. The molecule has 0 aliphatic heterocycles. The van der Waals surface area contributed by atoms with Crippen molar-refractivity contribution in [3.63, 3.8) is 0 Å². The molecule has 0 radical (unpaired) electrons. The first-order chi connectivity index (χ1) is 9.89. The summed E-state index contributed by atoms with van der Waals surface area (Å²) in [6.07, 6.45) is 1.34. The Balaban J connectivity index is 2.07. The predicted octanol–water partition coefficient (Wildman–Crippen LogP) is 4.65. The maximum absolute atomic E-state index is 13.6. The van der Waals surface area contributed by atoms with E-state index in [9.17, 15) is 9.18 Å². The van der Waals surface area contributed by atoms with E-state index in [0.717, 1.165) is 17.5 Å². The fraction of sp³-hybridized carbons (Fsp3) is 0.316. The summed E-state index contributed by atoms with van der Waals surface area (Å²) >= 11 is 0. The third kappa shape index (κ3) is 2.29. The lowest BCUT2D eigenvalue weighted by Gasteiger charge is -2.22. The monoisotopic (exact) mass is 282 g/mol. The van der Waals surface area contributed by atoms with Gasteiger partial charge in [-0.25, -0.2) is 4.39 Å². The molecule has 1 nitrogen and oxygen atoms in total. The van der Waals surface area contributed by atoms with Crippen LogP contribution in [-0.2, 0) is 16.6 Å². The lowest BCUT2D eigenvalue weighted by Crippen LogP contribution is -2.15. The van der Waals surface area contributed by atoms with Crippen LogP contribution in [0.1, 0.15) is 43.9 Å². The van der Waals surface area contributed by atoms with E-state index in [0.29, 0.717) is 6.42 Å². The highest BCUT2D eigenvalue weighted by atomic mass is 19.1. The molecule has 0 saturated heterocycles. The summed E-state index contributed by atoms with van der Waals surface area (Å²) in [5, 5.41) is 0. The van der Waals surface area contributed by atoms with Gasteiger partial charge in [0.2, 0.25) is 0 Å². The van der Waals surface area contributed by atoms with Crippen molar-refractivity contribution in [1.82, 2.24) is 0 Å². The number of hydrogen-bond donors (Lipinski definition) is 0. The number of hydrogen-bond acceptors (Lipinski definition) is 1. The molecule has 108 valence electrons. The van der Waals surface area contributed by atoms with Gasteiger partial charge in [0.05, 0.1) is 0 Å². The first kappa shape index (κ1) is 14.0. The Kier molecular flexibility index (Phi) is 3.20. The fourth-order valence-electron chi connectivity index (χ4n) is 3.23. The van der Waals surface area contributed by atoms with E-state index in [2.05, 4.69) is 32.0 Å². The predicted molar refractivity (Wildman–Crippen MR) is 83.0 cm³/mol. The summed E-state index contributed by atoms with van der Waals surface area (Å²) < 4.78 is 13.6. The van der Waals surface area contributed by atoms with E-state index >= 15 is 0 Å². The third-order valence-electron chi connectivity index (χ3n) is 4.47. The van der Waals surface area contributed by atoms with Crippen LogP contribution < -0.4 is 0 Å². The van der Waals surface area contributed by atoms with E-state index in [1.807, 2.05) is 6.07 Å². The summed E-state index contributed by atoms with van der Waals surface area (Å²) in [7, 11) is 0. The van der Waals surface area contributed by atoms with Crippen LogP contribution in [0.3, 0.4) is 0 Å². The average molecular weight is 282 g/mol. The maximum atomic E-state index is 13.6. The zero-order valence-corrected chi connectivity index (χ0v) is 12.7. The average Bonchev–Trinajstić information content (AvgIpc) is 2.65. The van der Waals surface area contributed by atoms with Gasteiger partial charge in [-0.15, -0.1) is 0 Å². The van der Waals surface area contributed by atoms with Crippen molar-refractivity contribution in [3.05, 3.63) is 58.9 Å². The second-order valence-corrected chi connectivity index (χ2v) is 6.40. The Morgan fingerprint density at radius 2 is 1.67 bits per heavy atom. The normalized spacial score (nSPS) is 14.7. The highest BCUT2D eigenvalue weighted by molar-refractivity contribution is 5.81. The summed E-state index contributed by atoms with van der Waals surface area (Å²) in [6, 6.07) is 11.4. The van der Waals surface area contributed by atoms with Gasteiger partial charge in [-0.3, -0.25) is 0 Å². The molecule has 21 heavy (non-hydrogen) atoms. The molecule has 1 aliphatic rings. The summed E-state index contributed by atoms with van der Waals surface area (Å²) in [5.74, 6) is 0.0200. The topological polar surface area (TPSA) is 17.1 Å². The van der Waals surface area contributed by atoms with E-state index < -0.39 is 0 Å². The number of ketones is 1. The van der Waals surface area contributed by atoms with Crippen molar-refractivity contribution in [3.8, 4) is 11.1 Å². The Bertz CT molecular complexity index is 728. The molecule has 0 spiro atoms. The molecule has 0 fully saturated rings. The van der Waals surface area contributed by atoms with Gasteiger partial charge in [-0.05, 0) is 53.3 Å². The molecule has 2 aromatic rings. The maximum Gasteiger partial charge on any atom is 0.130 e. The van der Waals surface area contributed by atoms with Crippen molar-refractivity contribution in [2.45, 2.75) is 39.0 Å². The zero-order chi connectivity index (χ0) is 15.2. The van der Waals surface area contributed by atoms with Crippen LogP contribution in [0, 0.1) is 5.82 Å². The van der Waals surface area contributed by atoms with Gasteiger partial charge < -0.3 is 4.79 Å². The quantitative estimate of drug-likeness (QED) is 0.800. The molecule has 2 aromatic carbocycles. The Labute approximate surface area is 124 Å². The van der Waals surface area contributed by atoms with Gasteiger partial charge in [0.15, 0.2) is 0 Å². The molecule has 3 rings (SSSR count). The van der Waals surface area contributed by atoms with Crippen molar-refractivity contribution in [2.75, 3.05) is 0 Å². The second-order valence-electron chi connectivity index (χ2n) is 6.40. The number of aryl methyl sites for hydroxylation is 1. The van der Waals surface area contributed by atoms with E-state index in [4.69, 9.17) is 0 Å². The Morgan fingerprint density at radius 3 is 2.33 bits per heavy atom. The highest BCUT2D eigenvalue weighted by Gasteiger charge is 2.35. The fourth-order valence-corrected chi connectivity index (χ4v) is 3.23. The summed E-state index contributed by atoms with van der Waals surface area (Å²) in [5.41, 5.74) is 5.55. The number of Topliss-reactive ketones (excluding diaryl/α,β-unsaturated/α-hetero) is 1. The van der Waals surface area contributed by atoms with Gasteiger partial charge in [-0.1, -0.05) is 38.1 Å². The van der Waals surface area contributed by atoms with Crippen LogP contribution >= 0.6 is 0 Å². The minimum Gasteiger partial charge on any atom is -0.300 e. The SMILES string of the molecule is CC(=O)CCc1ccc2c(c1)C(C)(C)c1cc(F)ccc1-2. The standard InChI is InChI=1S/C19H19FO/c1-12(21)4-5-13-6-8-15-16-9-7-14(20)11-18(16)19(2,3)17(15)10-13/h6-11H,4-5H2,1-3H3. The summed E-state index contributed by atoms with van der Waals surface area (Å²) in [6.45, 7) is 5.88. The first-order valence-electron chi connectivity index (χ1n) is 7.33. The minimum absolute atomic E-state index is 0.188. The number of carbonyl (C=O) groups excluding carboxylic acids is 1. The van der Waals surface area contributed by atoms with Crippen molar-refractivity contribution >= 4 is 5.78 Å². The Hall–Kier alpha value is -1.96. The van der Waals surface area contributed by atoms with Gasteiger partial charge in [0, 0.05) is 11.8 Å². The van der Waals surface area contributed by atoms with Crippen molar-refractivity contribution in [2.24, 2.45) is 0 Å². The number of rotatable bonds is 3. The van der Waals surface area contributed by atoms with Crippen LogP contribution in [0.25, 0.3) is 11.1 Å². The lowest BCUT2D eigenvalue weighted by atomic mass is 9.81. The molecule has 0 bridgehead atoms. The minimum atomic E-state index is -0.195. The van der Waals surface area contributed by atoms with Crippen LogP contribution in [-0.4, -0.2) is 5.78 Å². The van der Waals surface area contributed by atoms with E-state index in [1.54, 1.807) is 13.0 Å². The summed E-state index contributed by atoms with van der Waals surface area (Å²) in [4.78, 5) is 11.2. The lowest BCUT2D eigenvalue weighted by molar-refractivity contribution is -0.116. The van der Waals surface area contributed by atoms with E-state index in [-0.39, 0.29) is 17.0 Å². The molecular weight excluding hydrogens is 263 g/mol. The molecule has 2 heteroatoms. The third-order valence-corrected chi connectivity index (χ3v) is 4.47. The molecule has 0 saturated carbocycles. The second kappa shape index (κ2) is 4.80. The van der Waals surface area contributed by atoms with Crippen molar-refractivity contribution in [1.29, 1.82) is 0 Å². The molecular formula is C19H19FO. The number of fused-ring (bicyclic) bond motifs is 3. The van der Waals surface area contributed by atoms with Crippen LogP contribution in [0.5, 0.6) is 0 Å². The number of benzene rings is 2. The van der Waals surface area contributed by atoms with Gasteiger partial charge in [0.25, 0.3) is 0 Å². The van der Waals surface area contributed by atoms with Crippen LogP contribution in [0.4, 0.5) is 4.39 Å².